The third kappa shape index (κ3) is 3.72. The van der Waals surface area contributed by atoms with Crippen molar-refractivity contribution >= 4 is 39.8 Å². The first-order valence-electron chi connectivity index (χ1n) is 12.0. The van der Waals surface area contributed by atoms with Gasteiger partial charge in [0.05, 0.1) is 23.9 Å². The fourth-order valence-corrected chi connectivity index (χ4v) is 6.10. The molecule has 5 rings (SSSR count). The van der Waals surface area contributed by atoms with Gasteiger partial charge in [0, 0.05) is 4.88 Å². The molecule has 0 unspecified atom stereocenters. The van der Waals surface area contributed by atoms with Gasteiger partial charge >= 0.3 is 5.97 Å². The van der Waals surface area contributed by atoms with E-state index in [0.717, 1.165) is 32.2 Å². The number of hydrogen-bond donors (Lipinski definition) is 0. The van der Waals surface area contributed by atoms with Gasteiger partial charge in [0.1, 0.15) is 10.9 Å². The lowest BCUT2D eigenvalue weighted by Crippen LogP contribution is -2.38. The van der Waals surface area contributed by atoms with Crippen LogP contribution in [-0.4, -0.2) is 30.5 Å². The molecule has 0 radical (unpaired) electrons. The smallest absolute Gasteiger partial charge is 0.341 e. The highest BCUT2D eigenvalue weighted by atomic mass is 32.1. The first-order chi connectivity index (χ1) is 17.2. The average Bonchev–Trinajstić information content (AvgIpc) is 3.45. The summed E-state index contributed by atoms with van der Waals surface area (Å²) in [6.07, 6.45) is -0.999. The summed E-state index contributed by atoms with van der Waals surface area (Å²) in [6, 6.07) is 15.2. The maximum atomic E-state index is 14.0. The largest absolute Gasteiger partial charge is 0.462 e. The Balaban J connectivity index is 1.61. The Hall–Kier alpha value is -3.49. The van der Waals surface area contributed by atoms with Crippen LogP contribution in [0.15, 0.2) is 48.5 Å². The second kappa shape index (κ2) is 9.19. The summed E-state index contributed by atoms with van der Waals surface area (Å²) in [5, 5.41) is 2.01. The Labute approximate surface area is 214 Å². The summed E-state index contributed by atoms with van der Waals surface area (Å²) < 4.78 is 5.26. The van der Waals surface area contributed by atoms with Gasteiger partial charge in [-0.15, -0.1) is 11.3 Å². The summed E-state index contributed by atoms with van der Waals surface area (Å²) in [6.45, 7) is 9.56. The first kappa shape index (κ1) is 24.2. The molecule has 2 amide bonds. The van der Waals surface area contributed by atoms with Gasteiger partial charge in [0.25, 0.3) is 5.91 Å². The lowest BCUT2D eigenvalue weighted by molar-refractivity contribution is -0.126. The molecule has 0 aliphatic carbocycles. The van der Waals surface area contributed by atoms with E-state index in [1.807, 2.05) is 69.3 Å². The SMILES string of the molecule is CCOC(=O)c1c(N2C(=O)[C@H]3[C@@H](c4ccc(C)cc4)N(c4ccccc4C)O[C@H]3C2=O)sc(C)c1C. The van der Waals surface area contributed by atoms with Gasteiger partial charge in [-0.3, -0.25) is 14.4 Å². The number of para-hydroxylation sites is 1. The highest BCUT2D eigenvalue weighted by Crippen LogP contribution is 2.50. The molecule has 2 saturated heterocycles. The predicted octanol–water partition coefficient (Wildman–Crippen LogP) is 5.21. The van der Waals surface area contributed by atoms with E-state index in [0.29, 0.717) is 10.6 Å². The highest BCUT2D eigenvalue weighted by molar-refractivity contribution is 7.17. The summed E-state index contributed by atoms with van der Waals surface area (Å²) in [5.74, 6) is -2.15. The molecular formula is C28H28N2O5S. The lowest BCUT2D eigenvalue weighted by Gasteiger charge is -2.29. The van der Waals surface area contributed by atoms with Crippen LogP contribution in [0, 0.1) is 33.6 Å². The van der Waals surface area contributed by atoms with Crippen molar-refractivity contribution in [1.82, 2.24) is 0 Å². The number of carbonyl (C=O) groups is 3. The van der Waals surface area contributed by atoms with E-state index in [2.05, 4.69) is 0 Å². The molecule has 3 heterocycles. The van der Waals surface area contributed by atoms with Crippen LogP contribution in [0.1, 0.15) is 50.5 Å². The zero-order chi connectivity index (χ0) is 25.7. The Morgan fingerprint density at radius 1 is 1.00 bits per heavy atom. The van der Waals surface area contributed by atoms with Crippen LogP contribution in [0.2, 0.25) is 0 Å². The van der Waals surface area contributed by atoms with Gasteiger partial charge in [0.15, 0.2) is 6.10 Å². The maximum absolute atomic E-state index is 14.0. The quantitative estimate of drug-likeness (QED) is 0.351. The number of fused-ring (bicyclic) bond motifs is 1. The summed E-state index contributed by atoms with van der Waals surface area (Å²) >= 11 is 1.25. The molecule has 8 heteroatoms. The van der Waals surface area contributed by atoms with Crippen LogP contribution in [0.25, 0.3) is 0 Å². The van der Waals surface area contributed by atoms with E-state index < -0.39 is 29.9 Å². The van der Waals surface area contributed by atoms with Crippen molar-refractivity contribution in [3.63, 3.8) is 0 Å². The summed E-state index contributed by atoms with van der Waals surface area (Å²) in [4.78, 5) is 48.8. The van der Waals surface area contributed by atoms with Crippen LogP contribution >= 0.6 is 11.3 Å². The van der Waals surface area contributed by atoms with E-state index in [9.17, 15) is 14.4 Å². The summed E-state index contributed by atoms with van der Waals surface area (Å²) in [5.41, 5.74) is 4.73. The molecule has 3 atom stereocenters. The van der Waals surface area contributed by atoms with Crippen LogP contribution < -0.4 is 9.96 Å². The minimum Gasteiger partial charge on any atom is -0.462 e. The molecular weight excluding hydrogens is 476 g/mol. The average molecular weight is 505 g/mol. The van der Waals surface area contributed by atoms with Gasteiger partial charge in [-0.25, -0.2) is 14.8 Å². The van der Waals surface area contributed by atoms with Crippen molar-refractivity contribution in [3.05, 3.63) is 81.2 Å². The fourth-order valence-electron chi connectivity index (χ4n) is 4.95. The van der Waals surface area contributed by atoms with Crippen molar-refractivity contribution in [3.8, 4) is 0 Å². The van der Waals surface area contributed by atoms with Gasteiger partial charge in [-0.1, -0.05) is 48.0 Å². The molecule has 2 aliphatic heterocycles. The number of ether oxygens (including phenoxy) is 1. The first-order valence-corrected chi connectivity index (χ1v) is 12.8. The predicted molar refractivity (Wildman–Crippen MR) is 138 cm³/mol. The zero-order valence-corrected chi connectivity index (χ0v) is 21.7. The van der Waals surface area contributed by atoms with Crippen LogP contribution in [0.4, 0.5) is 10.7 Å². The van der Waals surface area contributed by atoms with Crippen molar-refractivity contribution in [2.75, 3.05) is 16.6 Å². The Kier molecular flexibility index (Phi) is 6.18. The monoisotopic (exact) mass is 504 g/mol. The number of carbonyl (C=O) groups excluding carboxylic acids is 3. The van der Waals surface area contributed by atoms with Crippen LogP contribution in [-0.2, 0) is 19.2 Å². The van der Waals surface area contributed by atoms with Crippen molar-refractivity contribution < 1.29 is 24.0 Å². The summed E-state index contributed by atoms with van der Waals surface area (Å²) in [7, 11) is 0. The zero-order valence-electron chi connectivity index (χ0n) is 20.9. The molecule has 7 nitrogen and oxygen atoms in total. The van der Waals surface area contributed by atoms with Gasteiger partial charge in [0.2, 0.25) is 5.91 Å². The third-order valence-corrected chi connectivity index (χ3v) is 8.13. The lowest BCUT2D eigenvalue weighted by atomic mass is 9.90. The minimum atomic E-state index is -0.999. The molecule has 186 valence electrons. The molecule has 2 aliphatic rings. The second-order valence-corrected chi connectivity index (χ2v) is 10.4. The van der Waals surface area contributed by atoms with Crippen LogP contribution in [0.3, 0.4) is 0 Å². The number of imide groups is 1. The van der Waals surface area contributed by atoms with Crippen molar-refractivity contribution in [2.45, 2.75) is 46.8 Å². The number of esters is 1. The number of hydroxylamine groups is 1. The minimum absolute atomic E-state index is 0.198. The molecule has 0 spiro atoms. The number of amides is 2. The van der Waals surface area contributed by atoms with Gasteiger partial charge in [-0.2, -0.15) is 0 Å². The van der Waals surface area contributed by atoms with Gasteiger partial charge in [-0.05, 0) is 57.4 Å². The normalized spacial score (nSPS) is 21.3. The van der Waals surface area contributed by atoms with E-state index in [1.165, 1.54) is 11.3 Å². The Bertz CT molecular complexity index is 1360. The van der Waals surface area contributed by atoms with E-state index in [1.54, 1.807) is 18.9 Å². The Morgan fingerprint density at radius 2 is 1.69 bits per heavy atom. The number of thiophene rings is 1. The van der Waals surface area contributed by atoms with E-state index >= 15 is 0 Å². The highest BCUT2D eigenvalue weighted by Gasteiger charge is 2.61. The number of anilines is 2. The molecule has 2 aromatic carbocycles. The van der Waals surface area contributed by atoms with E-state index in [-0.39, 0.29) is 18.1 Å². The Morgan fingerprint density at radius 3 is 2.36 bits per heavy atom. The molecule has 2 fully saturated rings. The van der Waals surface area contributed by atoms with E-state index in [4.69, 9.17) is 9.57 Å². The van der Waals surface area contributed by atoms with Crippen LogP contribution in [0.5, 0.6) is 0 Å². The molecule has 36 heavy (non-hydrogen) atoms. The maximum Gasteiger partial charge on any atom is 0.341 e. The fraction of sp³-hybridized carbons (Fsp3) is 0.321. The van der Waals surface area contributed by atoms with Gasteiger partial charge < -0.3 is 4.74 Å². The van der Waals surface area contributed by atoms with Crippen molar-refractivity contribution in [1.29, 1.82) is 0 Å². The number of rotatable bonds is 5. The third-order valence-electron chi connectivity index (χ3n) is 6.94. The standard InChI is InChI=1S/C28H28N2O5S/c1-6-34-28(33)21-17(4)18(5)36-27(21)29-25(31)22-23(19-13-11-15(2)12-14-19)30(35-24(22)26(29)32)20-10-8-7-9-16(20)3/h7-14,22-24H,6H2,1-5H3/t22-,23+,24+/m0/s1. The number of nitrogens with zero attached hydrogens (tertiary/aromatic N) is 2. The number of aryl methyl sites for hydroxylation is 3. The molecule has 0 saturated carbocycles. The number of hydrogen-bond acceptors (Lipinski definition) is 7. The molecule has 1 aromatic heterocycles. The molecule has 3 aromatic rings. The molecule has 0 bridgehead atoms. The second-order valence-electron chi connectivity index (χ2n) is 9.22. The number of benzene rings is 2. The molecule has 0 N–H and O–H groups in total. The van der Waals surface area contributed by atoms with Crippen molar-refractivity contribution in [2.24, 2.45) is 5.92 Å². The topological polar surface area (TPSA) is 76.2 Å².